The van der Waals surface area contributed by atoms with Crippen LogP contribution >= 0.6 is 0 Å². The topological polar surface area (TPSA) is 56.2 Å². The molecule has 2 N–H and O–H groups in total. The molecule has 1 aromatic heterocycles. The molecule has 0 atom stereocenters. The molecule has 5 heteroatoms. The number of hydrogen-bond donors (Lipinski definition) is 1. The van der Waals surface area contributed by atoms with E-state index in [2.05, 4.69) is 24.8 Å². The number of nitrogen functional groups attached to an aromatic ring is 1. The van der Waals surface area contributed by atoms with Crippen molar-refractivity contribution in [3.05, 3.63) is 22.6 Å². The molecule has 1 aliphatic heterocycles. The first-order chi connectivity index (χ1) is 10.7. The van der Waals surface area contributed by atoms with Gasteiger partial charge in [0.1, 0.15) is 0 Å². The molecular formula is C17H26N4O. The summed E-state index contributed by atoms with van der Waals surface area (Å²) >= 11 is 0. The summed E-state index contributed by atoms with van der Waals surface area (Å²) in [6, 6.07) is 4.12. The Morgan fingerprint density at radius 1 is 1.00 bits per heavy atom. The van der Waals surface area contributed by atoms with Crippen molar-refractivity contribution in [2.75, 3.05) is 23.7 Å². The van der Waals surface area contributed by atoms with Gasteiger partial charge in [-0.3, -0.25) is 9.13 Å². The van der Waals surface area contributed by atoms with Gasteiger partial charge in [0.25, 0.3) is 0 Å². The number of nitrogens with two attached hydrogens (primary N) is 1. The molecule has 2 aromatic rings. The third-order valence-electron chi connectivity index (χ3n) is 4.51. The zero-order chi connectivity index (χ0) is 15.7. The van der Waals surface area contributed by atoms with Crippen molar-refractivity contribution in [2.24, 2.45) is 0 Å². The van der Waals surface area contributed by atoms with Crippen LogP contribution in [0.1, 0.15) is 39.5 Å². The molecule has 0 saturated carbocycles. The van der Waals surface area contributed by atoms with Gasteiger partial charge in [-0.1, -0.05) is 13.8 Å². The van der Waals surface area contributed by atoms with Gasteiger partial charge >= 0.3 is 5.69 Å². The third-order valence-corrected chi connectivity index (χ3v) is 4.51. The number of rotatable bonds is 5. The van der Waals surface area contributed by atoms with E-state index in [-0.39, 0.29) is 5.69 Å². The Bertz CT molecular complexity index is 722. The van der Waals surface area contributed by atoms with Crippen LogP contribution in [-0.4, -0.2) is 22.2 Å². The van der Waals surface area contributed by atoms with Gasteiger partial charge in [-0.2, -0.15) is 0 Å². The lowest BCUT2D eigenvalue weighted by Crippen LogP contribution is -2.24. The minimum atomic E-state index is 0.0941. The maximum absolute atomic E-state index is 12.7. The predicted octanol–water partition coefficient (Wildman–Crippen LogP) is 2.81. The highest BCUT2D eigenvalue weighted by atomic mass is 16.1. The van der Waals surface area contributed by atoms with Crippen molar-refractivity contribution >= 4 is 22.4 Å². The van der Waals surface area contributed by atoms with Crippen LogP contribution in [0, 0.1) is 0 Å². The second kappa shape index (κ2) is 6.07. The molecule has 120 valence electrons. The zero-order valence-electron chi connectivity index (χ0n) is 13.6. The van der Waals surface area contributed by atoms with Gasteiger partial charge in [0.2, 0.25) is 0 Å². The van der Waals surface area contributed by atoms with Crippen molar-refractivity contribution in [1.82, 2.24) is 9.13 Å². The minimum absolute atomic E-state index is 0.0941. The summed E-state index contributed by atoms with van der Waals surface area (Å²) in [4.78, 5) is 15.0. The van der Waals surface area contributed by atoms with Gasteiger partial charge < -0.3 is 10.6 Å². The van der Waals surface area contributed by atoms with Gasteiger partial charge in [0.15, 0.2) is 0 Å². The highest BCUT2D eigenvalue weighted by Crippen LogP contribution is 2.31. The van der Waals surface area contributed by atoms with Crippen LogP contribution in [0.15, 0.2) is 16.9 Å². The van der Waals surface area contributed by atoms with E-state index in [0.717, 1.165) is 61.4 Å². The van der Waals surface area contributed by atoms with E-state index in [1.807, 2.05) is 15.2 Å². The molecule has 0 aliphatic carbocycles. The second-order valence-corrected chi connectivity index (χ2v) is 6.18. The molecule has 22 heavy (non-hydrogen) atoms. The molecular weight excluding hydrogens is 276 g/mol. The Labute approximate surface area is 131 Å². The highest BCUT2D eigenvalue weighted by Gasteiger charge is 2.19. The van der Waals surface area contributed by atoms with Crippen LogP contribution in [0.5, 0.6) is 0 Å². The third kappa shape index (κ3) is 2.38. The van der Waals surface area contributed by atoms with E-state index < -0.39 is 0 Å². The lowest BCUT2D eigenvalue weighted by Gasteiger charge is -2.20. The van der Waals surface area contributed by atoms with Gasteiger partial charge in [-0.25, -0.2) is 4.79 Å². The largest absolute Gasteiger partial charge is 0.397 e. The first-order valence-electron chi connectivity index (χ1n) is 8.44. The number of nitrogens with zero attached hydrogens (tertiary/aromatic N) is 3. The van der Waals surface area contributed by atoms with Crippen molar-refractivity contribution < 1.29 is 0 Å². The number of imidazole rings is 1. The number of anilines is 2. The molecule has 0 amide bonds. The highest BCUT2D eigenvalue weighted by molar-refractivity contribution is 5.88. The van der Waals surface area contributed by atoms with Crippen molar-refractivity contribution in [3.63, 3.8) is 0 Å². The average Bonchev–Trinajstić information content (AvgIpc) is 3.10. The second-order valence-electron chi connectivity index (χ2n) is 6.18. The molecule has 1 fully saturated rings. The van der Waals surface area contributed by atoms with Gasteiger partial charge in [0.05, 0.1) is 22.4 Å². The predicted molar refractivity (Wildman–Crippen MR) is 92.6 cm³/mol. The normalized spacial score (nSPS) is 15.1. The molecule has 2 heterocycles. The summed E-state index contributed by atoms with van der Waals surface area (Å²) < 4.78 is 3.78. The number of aryl methyl sites for hydroxylation is 2. The Kier molecular flexibility index (Phi) is 4.14. The first-order valence-corrected chi connectivity index (χ1v) is 8.44. The molecule has 5 nitrogen and oxygen atoms in total. The van der Waals surface area contributed by atoms with Crippen LogP contribution in [-0.2, 0) is 13.1 Å². The van der Waals surface area contributed by atoms with Crippen molar-refractivity contribution in [1.29, 1.82) is 0 Å². The van der Waals surface area contributed by atoms with Gasteiger partial charge in [-0.05, 0) is 37.8 Å². The Morgan fingerprint density at radius 2 is 1.55 bits per heavy atom. The molecule has 1 aromatic carbocycles. The molecule has 0 bridgehead atoms. The molecule has 3 rings (SSSR count). The van der Waals surface area contributed by atoms with E-state index >= 15 is 0 Å². The van der Waals surface area contributed by atoms with E-state index in [1.165, 1.54) is 12.8 Å². The van der Waals surface area contributed by atoms with Gasteiger partial charge in [-0.15, -0.1) is 0 Å². The Hall–Kier alpha value is -1.91. The molecule has 0 radical (unpaired) electrons. The standard InChI is InChI=1S/C17H26N4O/c1-3-7-20-15-11-13(18)14(19-9-5-6-10-19)12-16(15)21(8-4-2)17(20)22/h11-12H,3-10,18H2,1-2H3. The Morgan fingerprint density at radius 3 is 2.09 bits per heavy atom. The smallest absolute Gasteiger partial charge is 0.329 e. The summed E-state index contributed by atoms with van der Waals surface area (Å²) in [7, 11) is 0. The number of hydrogen-bond acceptors (Lipinski definition) is 3. The monoisotopic (exact) mass is 302 g/mol. The van der Waals surface area contributed by atoms with Crippen molar-refractivity contribution in [3.8, 4) is 0 Å². The average molecular weight is 302 g/mol. The first kappa shape index (κ1) is 15.0. The molecule has 1 aliphatic rings. The van der Waals surface area contributed by atoms with E-state index in [1.54, 1.807) is 0 Å². The summed E-state index contributed by atoms with van der Waals surface area (Å²) in [5, 5.41) is 0. The number of benzene rings is 1. The zero-order valence-corrected chi connectivity index (χ0v) is 13.6. The lowest BCUT2D eigenvalue weighted by molar-refractivity contribution is 0.607. The van der Waals surface area contributed by atoms with Crippen LogP contribution in [0.3, 0.4) is 0 Å². The van der Waals surface area contributed by atoms with Crippen LogP contribution in [0.25, 0.3) is 11.0 Å². The van der Waals surface area contributed by atoms with Crippen molar-refractivity contribution in [2.45, 2.75) is 52.6 Å². The van der Waals surface area contributed by atoms with E-state index in [4.69, 9.17) is 5.73 Å². The minimum Gasteiger partial charge on any atom is -0.397 e. The summed E-state index contributed by atoms with van der Waals surface area (Å²) in [5.74, 6) is 0. The maximum Gasteiger partial charge on any atom is 0.329 e. The Balaban J connectivity index is 2.21. The van der Waals surface area contributed by atoms with E-state index in [0.29, 0.717) is 0 Å². The van der Waals surface area contributed by atoms with Gasteiger partial charge in [0, 0.05) is 26.2 Å². The lowest BCUT2D eigenvalue weighted by atomic mass is 10.2. The summed E-state index contributed by atoms with van der Waals surface area (Å²) in [5.41, 5.74) is 10.3. The quantitative estimate of drug-likeness (QED) is 0.864. The molecule has 0 unspecified atom stereocenters. The number of aromatic nitrogens is 2. The fourth-order valence-corrected chi connectivity index (χ4v) is 3.48. The van der Waals surface area contributed by atoms with Crippen LogP contribution in [0.4, 0.5) is 11.4 Å². The fourth-order valence-electron chi connectivity index (χ4n) is 3.48. The molecule has 0 spiro atoms. The van der Waals surface area contributed by atoms with E-state index in [9.17, 15) is 4.79 Å². The summed E-state index contributed by atoms with van der Waals surface area (Å²) in [6.45, 7) is 7.82. The van der Waals surface area contributed by atoms with Crippen LogP contribution < -0.4 is 16.3 Å². The SMILES string of the molecule is CCCn1c(=O)n(CCC)c2cc(N3CCCC3)c(N)cc21. The fraction of sp³-hybridized carbons (Fsp3) is 0.588. The maximum atomic E-state index is 12.7. The van der Waals surface area contributed by atoms with Crippen LogP contribution in [0.2, 0.25) is 0 Å². The summed E-state index contributed by atoms with van der Waals surface area (Å²) in [6.07, 6.45) is 4.33. The number of fused-ring (bicyclic) bond motifs is 1. The molecule has 1 saturated heterocycles.